The molecule has 27 heavy (non-hydrogen) atoms. The molecule has 0 bridgehead atoms. The Labute approximate surface area is 156 Å². The van der Waals surface area contributed by atoms with Gasteiger partial charge in [-0.3, -0.25) is 14.5 Å². The van der Waals surface area contributed by atoms with Gasteiger partial charge >= 0.3 is 0 Å². The van der Waals surface area contributed by atoms with Gasteiger partial charge in [0.05, 0.1) is 6.20 Å². The summed E-state index contributed by atoms with van der Waals surface area (Å²) in [6.07, 6.45) is 10.7. The maximum atomic E-state index is 11.8. The number of carbonyl (C=O) groups excluding carboxylic acids is 1. The standard InChI is InChI=1S/C20H18N6O/c1-25(2)19(27)13-26-12-16(10-24-26)15-8-22-20(23-9-15)18-11-21-7-14-5-3-4-6-17(14)18/h3-12H,13H2,1-2H3. The Morgan fingerprint density at radius 3 is 2.56 bits per heavy atom. The highest BCUT2D eigenvalue weighted by Crippen LogP contribution is 2.26. The number of hydrogen-bond donors (Lipinski definition) is 0. The number of nitrogens with zero attached hydrogens (tertiary/aromatic N) is 6. The number of amides is 1. The normalized spacial score (nSPS) is 10.9. The molecular formula is C20H18N6O. The van der Waals surface area contributed by atoms with Gasteiger partial charge in [-0.1, -0.05) is 24.3 Å². The molecule has 0 aliphatic heterocycles. The van der Waals surface area contributed by atoms with E-state index in [2.05, 4.69) is 20.1 Å². The summed E-state index contributed by atoms with van der Waals surface area (Å²) in [5.41, 5.74) is 2.60. The minimum Gasteiger partial charge on any atom is -0.347 e. The van der Waals surface area contributed by atoms with Gasteiger partial charge in [-0.05, 0) is 5.39 Å². The van der Waals surface area contributed by atoms with Crippen molar-refractivity contribution in [1.29, 1.82) is 0 Å². The molecule has 3 aromatic heterocycles. The Kier molecular flexibility index (Phi) is 4.33. The first-order chi connectivity index (χ1) is 13.1. The van der Waals surface area contributed by atoms with E-state index in [-0.39, 0.29) is 12.5 Å². The maximum absolute atomic E-state index is 11.8. The molecule has 3 heterocycles. The predicted molar refractivity (Wildman–Crippen MR) is 103 cm³/mol. The van der Waals surface area contributed by atoms with Gasteiger partial charge < -0.3 is 4.90 Å². The van der Waals surface area contributed by atoms with Crippen LogP contribution in [0.5, 0.6) is 0 Å². The average molecular weight is 358 g/mol. The minimum atomic E-state index is -0.0142. The quantitative estimate of drug-likeness (QED) is 0.560. The molecule has 1 aromatic carbocycles. The fraction of sp³-hybridized carbons (Fsp3) is 0.150. The molecule has 0 fully saturated rings. The van der Waals surface area contributed by atoms with Gasteiger partial charge in [0.25, 0.3) is 0 Å². The Morgan fingerprint density at radius 2 is 1.78 bits per heavy atom. The van der Waals surface area contributed by atoms with Gasteiger partial charge in [0, 0.05) is 67.2 Å². The second kappa shape index (κ2) is 6.95. The third-order valence-corrected chi connectivity index (χ3v) is 4.32. The molecule has 0 saturated heterocycles. The second-order valence-electron chi connectivity index (χ2n) is 6.42. The number of carbonyl (C=O) groups is 1. The van der Waals surface area contributed by atoms with Crippen molar-refractivity contribution < 1.29 is 4.79 Å². The number of benzene rings is 1. The van der Waals surface area contributed by atoms with E-state index in [1.165, 1.54) is 4.90 Å². The number of rotatable bonds is 4. The Hall–Kier alpha value is -3.61. The monoisotopic (exact) mass is 358 g/mol. The molecule has 0 aliphatic rings. The summed E-state index contributed by atoms with van der Waals surface area (Å²) in [6, 6.07) is 8.03. The molecular weight excluding hydrogens is 340 g/mol. The van der Waals surface area contributed by atoms with Crippen molar-refractivity contribution in [2.45, 2.75) is 6.54 Å². The number of pyridine rings is 1. The van der Waals surface area contributed by atoms with E-state index in [4.69, 9.17) is 0 Å². The van der Waals surface area contributed by atoms with Crippen LogP contribution in [-0.4, -0.2) is 49.6 Å². The predicted octanol–water partition coefficient (Wildman–Crippen LogP) is 2.64. The molecule has 4 rings (SSSR count). The highest BCUT2D eigenvalue weighted by Gasteiger charge is 2.10. The maximum Gasteiger partial charge on any atom is 0.243 e. The van der Waals surface area contributed by atoms with Crippen LogP contribution in [0.4, 0.5) is 0 Å². The van der Waals surface area contributed by atoms with Crippen molar-refractivity contribution in [1.82, 2.24) is 29.6 Å². The molecule has 0 N–H and O–H groups in total. The van der Waals surface area contributed by atoms with E-state index in [1.54, 1.807) is 43.6 Å². The van der Waals surface area contributed by atoms with Crippen LogP contribution in [0.3, 0.4) is 0 Å². The fourth-order valence-electron chi connectivity index (χ4n) is 2.79. The van der Waals surface area contributed by atoms with Crippen molar-refractivity contribution in [3.8, 4) is 22.5 Å². The summed E-state index contributed by atoms with van der Waals surface area (Å²) in [5.74, 6) is 0.609. The Bertz CT molecular complexity index is 1100. The molecule has 134 valence electrons. The van der Waals surface area contributed by atoms with E-state index in [1.807, 2.05) is 36.7 Å². The highest BCUT2D eigenvalue weighted by molar-refractivity contribution is 5.94. The number of likely N-dealkylation sites (N-methyl/N-ethyl adjacent to an activating group) is 1. The molecule has 0 radical (unpaired) electrons. The zero-order valence-electron chi connectivity index (χ0n) is 15.1. The van der Waals surface area contributed by atoms with Crippen molar-refractivity contribution in [2.24, 2.45) is 0 Å². The van der Waals surface area contributed by atoms with Crippen LogP contribution >= 0.6 is 0 Å². The van der Waals surface area contributed by atoms with E-state index in [0.717, 1.165) is 27.5 Å². The summed E-state index contributed by atoms with van der Waals surface area (Å²) in [5, 5.41) is 6.36. The lowest BCUT2D eigenvalue weighted by atomic mass is 10.1. The first kappa shape index (κ1) is 16.8. The molecule has 0 atom stereocenters. The van der Waals surface area contributed by atoms with Crippen LogP contribution in [0.2, 0.25) is 0 Å². The van der Waals surface area contributed by atoms with Gasteiger partial charge in [0.15, 0.2) is 5.82 Å². The summed E-state index contributed by atoms with van der Waals surface area (Å²) < 4.78 is 1.61. The lowest BCUT2D eigenvalue weighted by Gasteiger charge is -2.09. The second-order valence-corrected chi connectivity index (χ2v) is 6.42. The zero-order valence-corrected chi connectivity index (χ0v) is 15.1. The average Bonchev–Trinajstić information content (AvgIpc) is 3.16. The topological polar surface area (TPSA) is 76.8 Å². The fourth-order valence-corrected chi connectivity index (χ4v) is 2.79. The zero-order chi connectivity index (χ0) is 18.8. The summed E-state index contributed by atoms with van der Waals surface area (Å²) in [4.78, 5) is 26.6. The van der Waals surface area contributed by atoms with Crippen molar-refractivity contribution in [3.63, 3.8) is 0 Å². The van der Waals surface area contributed by atoms with Crippen molar-refractivity contribution in [2.75, 3.05) is 14.1 Å². The molecule has 7 nitrogen and oxygen atoms in total. The van der Waals surface area contributed by atoms with E-state index in [9.17, 15) is 4.79 Å². The minimum absolute atomic E-state index is 0.0142. The van der Waals surface area contributed by atoms with E-state index in [0.29, 0.717) is 5.82 Å². The Morgan fingerprint density at radius 1 is 1.00 bits per heavy atom. The van der Waals surface area contributed by atoms with Gasteiger partial charge in [0.1, 0.15) is 6.54 Å². The lowest BCUT2D eigenvalue weighted by Crippen LogP contribution is -2.26. The number of hydrogen-bond acceptors (Lipinski definition) is 5. The van der Waals surface area contributed by atoms with Gasteiger partial charge in [0.2, 0.25) is 5.91 Å². The smallest absolute Gasteiger partial charge is 0.243 e. The number of fused-ring (bicyclic) bond motifs is 1. The van der Waals surface area contributed by atoms with Gasteiger partial charge in [-0.15, -0.1) is 0 Å². The molecule has 0 saturated carbocycles. The van der Waals surface area contributed by atoms with Gasteiger partial charge in [-0.2, -0.15) is 5.10 Å². The molecule has 0 spiro atoms. The highest BCUT2D eigenvalue weighted by atomic mass is 16.2. The molecule has 7 heteroatoms. The van der Waals surface area contributed by atoms with Crippen LogP contribution in [0.1, 0.15) is 0 Å². The van der Waals surface area contributed by atoms with Crippen molar-refractivity contribution in [3.05, 3.63) is 61.4 Å². The van der Waals surface area contributed by atoms with Crippen LogP contribution < -0.4 is 0 Å². The van der Waals surface area contributed by atoms with Gasteiger partial charge in [-0.25, -0.2) is 9.97 Å². The van der Waals surface area contributed by atoms with E-state index >= 15 is 0 Å². The van der Waals surface area contributed by atoms with Crippen LogP contribution in [0.15, 0.2) is 61.4 Å². The molecule has 0 unspecified atom stereocenters. The summed E-state index contributed by atoms with van der Waals surface area (Å²) in [6.45, 7) is 0.202. The van der Waals surface area contributed by atoms with Crippen LogP contribution in [-0.2, 0) is 11.3 Å². The SMILES string of the molecule is CN(C)C(=O)Cn1cc(-c2cnc(-c3cncc4ccccc34)nc2)cn1. The van der Waals surface area contributed by atoms with Crippen molar-refractivity contribution >= 4 is 16.7 Å². The summed E-state index contributed by atoms with van der Waals surface area (Å²) in [7, 11) is 3.45. The lowest BCUT2D eigenvalue weighted by molar-refractivity contribution is -0.129. The van der Waals surface area contributed by atoms with Crippen LogP contribution in [0, 0.1) is 0 Å². The summed E-state index contributed by atoms with van der Waals surface area (Å²) >= 11 is 0. The third-order valence-electron chi connectivity index (χ3n) is 4.32. The molecule has 0 aliphatic carbocycles. The van der Waals surface area contributed by atoms with Crippen LogP contribution in [0.25, 0.3) is 33.3 Å². The first-order valence-corrected chi connectivity index (χ1v) is 8.50. The van der Waals surface area contributed by atoms with E-state index < -0.39 is 0 Å². The Balaban J connectivity index is 1.61. The molecule has 1 amide bonds. The number of aromatic nitrogens is 5. The third kappa shape index (κ3) is 3.39. The molecule has 4 aromatic rings. The first-order valence-electron chi connectivity index (χ1n) is 8.50. The largest absolute Gasteiger partial charge is 0.347 e.